The Bertz CT molecular complexity index is 303. The zero-order valence-electron chi connectivity index (χ0n) is 6.54. The highest BCUT2D eigenvalue weighted by Gasteiger charge is 1.99. The van der Waals surface area contributed by atoms with Gasteiger partial charge in [0.25, 0.3) is 5.56 Å². The van der Waals surface area contributed by atoms with Crippen molar-refractivity contribution in [3.05, 3.63) is 33.7 Å². The molecule has 0 amide bonds. The van der Waals surface area contributed by atoms with Gasteiger partial charge in [0, 0.05) is 18.3 Å². The van der Waals surface area contributed by atoms with Crippen LogP contribution in [0.25, 0.3) is 0 Å². The molecule has 0 atom stereocenters. The van der Waals surface area contributed by atoms with Crippen LogP contribution in [0.4, 0.5) is 0 Å². The Morgan fingerprint density at radius 3 is 2.55 bits per heavy atom. The van der Waals surface area contributed by atoms with E-state index in [0.717, 1.165) is 0 Å². The standard InChI is InChI=1S/C8H10ClNO/c1-6(2)10-5-7(9)3-4-8(10)11/h3-6H,1-2H3. The Morgan fingerprint density at radius 2 is 2.09 bits per heavy atom. The van der Waals surface area contributed by atoms with Gasteiger partial charge >= 0.3 is 0 Å². The van der Waals surface area contributed by atoms with E-state index >= 15 is 0 Å². The maximum Gasteiger partial charge on any atom is 0.250 e. The van der Waals surface area contributed by atoms with Gasteiger partial charge < -0.3 is 4.57 Å². The Hall–Kier alpha value is -0.760. The number of hydrogen-bond donors (Lipinski definition) is 0. The summed E-state index contributed by atoms with van der Waals surface area (Å²) in [4.78, 5) is 11.1. The molecule has 0 spiro atoms. The van der Waals surface area contributed by atoms with Crippen molar-refractivity contribution in [3.63, 3.8) is 0 Å². The van der Waals surface area contributed by atoms with E-state index in [1.807, 2.05) is 13.8 Å². The van der Waals surface area contributed by atoms with Crippen LogP contribution in [0.5, 0.6) is 0 Å². The van der Waals surface area contributed by atoms with Crippen LogP contribution in [0.3, 0.4) is 0 Å². The molecule has 0 N–H and O–H groups in total. The van der Waals surface area contributed by atoms with Crippen LogP contribution in [0, 0.1) is 0 Å². The number of pyridine rings is 1. The van der Waals surface area contributed by atoms with E-state index in [2.05, 4.69) is 0 Å². The van der Waals surface area contributed by atoms with Gasteiger partial charge in [-0.15, -0.1) is 0 Å². The maximum atomic E-state index is 11.1. The minimum Gasteiger partial charge on any atom is -0.312 e. The van der Waals surface area contributed by atoms with Crippen molar-refractivity contribution in [2.24, 2.45) is 0 Å². The summed E-state index contributed by atoms with van der Waals surface area (Å²) in [5.41, 5.74) is -0.00981. The van der Waals surface area contributed by atoms with E-state index in [1.165, 1.54) is 6.07 Å². The van der Waals surface area contributed by atoms with Gasteiger partial charge in [-0.3, -0.25) is 4.79 Å². The van der Waals surface area contributed by atoms with Crippen molar-refractivity contribution >= 4 is 11.6 Å². The van der Waals surface area contributed by atoms with Crippen LogP contribution in [0.15, 0.2) is 23.1 Å². The molecule has 0 bridgehead atoms. The lowest BCUT2D eigenvalue weighted by atomic mass is 10.3. The normalized spacial score (nSPS) is 10.5. The summed E-state index contributed by atoms with van der Waals surface area (Å²) >= 11 is 5.70. The first-order chi connectivity index (χ1) is 5.11. The maximum absolute atomic E-state index is 11.1. The molecule has 1 rings (SSSR count). The number of nitrogens with zero attached hydrogens (tertiary/aromatic N) is 1. The van der Waals surface area contributed by atoms with Gasteiger partial charge in [-0.05, 0) is 19.9 Å². The highest BCUT2D eigenvalue weighted by Crippen LogP contribution is 2.07. The molecule has 0 aliphatic carbocycles. The van der Waals surface area contributed by atoms with Gasteiger partial charge in [-0.25, -0.2) is 0 Å². The lowest BCUT2D eigenvalue weighted by molar-refractivity contribution is 0.578. The van der Waals surface area contributed by atoms with E-state index in [1.54, 1.807) is 16.8 Å². The molecule has 0 radical (unpaired) electrons. The average Bonchev–Trinajstić information content (AvgIpc) is 1.94. The SMILES string of the molecule is CC(C)n1cc(Cl)ccc1=O. The van der Waals surface area contributed by atoms with E-state index in [4.69, 9.17) is 11.6 Å². The molecule has 0 fully saturated rings. The summed E-state index contributed by atoms with van der Waals surface area (Å²) in [6.45, 7) is 3.88. The second kappa shape index (κ2) is 3.09. The first-order valence-corrected chi connectivity index (χ1v) is 3.87. The quantitative estimate of drug-likeness (QED) is 0.634. The largest absolute Gasteiger partial charge is 0.312 e. The van der Waals surface area contributed by atoms with Crippen LogP contribution in [-0.4, -0.2) is 4.57 Å². The molecule has 2 nitrogen and oxygen atoms in total. The second-order valence-corrected chi connectivity index (χ2v) is 3.12. The van der Waals surface area contributed by atoms with Crippen LogP contribution < -0.4 is 5.56 Å². The number of rotatable bonds is 1. The molecule has 1 aromatic heterocycles. The fourth-order valence-electron chi connectivity index (χ4n) is 0.880. The summed E-state index contributed by atoms with van der Waals surface area (Å²) in [6, 6.07) is 3.24. The first-order valence-electron chi connectivity index (χ1n) is 3.49. The van der Waals surface area contributed by atoms with Crippen molar-refractivity contribution in [2.45, 2.75) is 19.9 Å². The molecular weight excluding hydrogens is 162 g/mol. The molecule has 0 saturated heterocycles. The Labute approximate surface area is 70.4 Å². The molecule has 0 aliphatic heterocycles. The molecule has 0 aromatic carbocycles. The van der Waals surface area contributed by atoms with Gasteiger partial charge in [-0.2, -0.15) is 0 Å². The smallest absolute Gasteiger partial charge is 0.250 e. The average molecular weight is 172 g/mol. The van der Waals surface area contributed by atoms with E-state index < -0.39 is 0 Å². The van der Waals surface area contributed by atoms with Gasteiger partial charge in [0.05, 0.1) is 5.02 Å². The van der Waals surface area contributed by atoms with Crippen molar-refractivity contribution in [3.8, 4) is 0 Å². The molecule has 11 heavy (non-hydrogen) atoms. The van der Waals surface area contributed by atoms with Gasteiger partial charge in [0.2, 0.25) is 0 Å². The van der Waals surface area contributed by atoms with Gasteiger partial charge in [0.15, 0.2) is 0 Å². The molecule has 3 heteroatoms. The zero-order valence-corrected chi connectivity index (χ0v) is 7.30. The fraction of sp³-hybridized carbons (Fsp3) is 0.375. The van der Waals surface area contributed by atoms with Gasteiger partial charge in [0.1, 0.15) is 0 Å². The molecular formula is C8H10ClNO. The predicted octanol–water partition coefficient (Wildman–Crippen LogP) is 2.08. The summed E-state index contributed by atoms with van der Waals surface area (Å²) in [5, 5.41) is 0.596. The highest BCUT2D eigenvalue weighted by atomic mass is 35.5. The molecule has 0 saturated carbocycles. The van der Waals surface area contributed by atoms with E-state index in [0.29, 0.717) is 5.02 Å². The predicted molar refractivity (Wildman–Crippen MR) is 46.1 cm³/mol. The minimum atomic E-state index is -0.00981. The van der Waals surface area contributed by atoms with E-state index in [-0.39, 0.29) is 11.6 Å². The van der Waals surface area contributed by atoms with Crippen LogP contribution in [0.2, 0.25) is 5.02 Å². The van der Waals surface area contributed by atoms with Crippen LogP contribution in [0.1, 0.15) is 19.9 Å². The molecule has 0 unspecified atom stereocenters. The Balaban J connectivity index is 3.24. The number of hydrogen-bond acceptors (Lipinski definition) is 1. The third kappa shape index (κ3) is 1.84. The van der Waals surface area contributed by atoms with E-state index in [9.17, 15) is 4.79 Å². The van der Waals surface area contributed by atoms with Gasteiger partial charge in [-0.1, -0.05) is 11.6 Å². The van der Waals surface area contributed by atoms with Crippen LogP contribution >= 0.6 is 11.6 Å². The molecule has 1 heterocycles. The monoisotopic (exact) mass is 171 g/mol. The highest BCUT2D eigenvalue weighted by molar-refractivity contribution is 6.30. The van der Waals surface area contributed by atoms with Crippen LogP contribution in [-0.2, 0) is 0 Å². The third-order valence-corrected chi connectivity index (χ3v) is 1.68. The topological polar surface area (TPSA) is 22.0 Å². The lowest BCUT2D eigenvalue weighted by Crippen LogP contribution is -2.19. The summed E-state index contributed by atoms with van der Waals surface area (Å²) in [7, 11) is 0. The number of aromatic nitrogens is 1. The fourth-order valence-corrected chi connectivity index (χ4v) is 1.05. The zero-order chi connectivity index (χ0) is 8.43. The summed E-state index contributed by atoms with van der Waals surface area (Å²) < 4.78 is 1.60. The minimum absolute atomic E-state index is 0.00981. The Morgan fingerprint density at radius 1 is 1.45 bits per heavy atom. The third-order valence-electron chi connectivity index (χ3n) is 1.46. The summed E-state index contributed by atoms with van der Waals surface area (Å²) in [6.07, 6.45) is 1.65. The number of halogens is 1. The molecule has 1 aromatic rings. The first kappa shape index (κ1) is 8.34. The van der Waals surface area contributed by atoms with Crippen molar-refractivity contribution in [1.29, 1.82) is 0 Å². The summed E-state index contributed by atoms with van der Waals surface area (Å²) in [5.74, 6) is 0. The Kier molecular flexibility index (Phi) is 2.35. The second-order valence-electron chi connectivity index (χ2n) is 2.69. The van der Waals surface area contributed by atoms with Crippen molar-refractivity contribution < 1.29 is 0 Å². The van der Waals surface area contributed by atoms with Crippen molar-refractivity contribution in [1.82, 2.24) is 4.57 Å². The van der Waals surface area contributed by atoms with Crippen molar-refractivity contribution in [2.75, 3.05) is 0 Å². The molecule has 60 valence electrons. The lowest BCUT2D eigenvalue weighted by Gasteiger charge is -2.08. The molecule has 0 aliphatic rings.